The van der Waals surface area contributed by atoms with Gasteiger partial charge in [-0.1, -0.05) is 24.3 Å². The molecule has 0 unspecified atom stereocenters. The molecule has 0 aliphatic heterocycles. The number of benzene rings is 2. The van der Waals surface area contributed by atoms with Gasteiger partial charge in [-0.3, -0.25) is 4.79 Å². The third kappa shape index (κ3) is 2.33. The molecule has 0 saturated heterocycles. The molecular weight excluding hydrogens is 217 g/mol. The summed E-state index contributed by atoms with van der Waals surface area (Å²) in [6, 6.07) is 11.1. The van der Waals surface area contributed by atoms with E-state index in [2.05, 4.69) is 0 Å². The van der Waals surface area contributed by atoms with E-state index in [9.17, 15) is 9.18 Å². The number of carbonyl (C=O) groups is 1. The van der Waals surface area contributed by atoms with Gasteiger partial charge in [-0.15, -0.1) is 0 Å². The second-order valence-corrected chi connectivity index (χ2v) is 3.92. The lowest BCUT2D eigenvalue weighted by Gasteiger charge is -2.03. The third-order valence-electron chi connectivity index (χ3n) is 2.58. The Hall–Kier alpha value is -2.16. The summed E-state index contributed by atoms with van der Waals surface area (Å²) in [5.74, 6) is -0.601. The van der Waals surface area contributed by atoms with Gasteiger partial charge < -0.3 is 5.73 Å². The van der Waals surface area contributed by atoms with E-state index >= 15 is 0 Å². The summed E-state index contributed by atoms with van der Waals surface area (Å²) in [7, 11) is 0. The van der Waals surface area contributed by atoms with Crippen LogP contribution in [-0.2, 0) is 0 Å². The first-order chi connectivity index (χ1) is 8.08. The van der Waals surface area contributed by atoms with E-state index in [0.29, 0.717) is 22.4 Å². The predicted molar refractivity (Wildman–Crippen MR) is 65.4 cm³/mol. The van der Waals surface area contributed by atoms with E-state index < -0.39 is 0 Å². The number of rotatable bonds is 2. The number of carbonyl (C=O) groups excluding carboxylic acids is 1. The molecule has 86 valence electrons. The summed E-state index contributed by atoms with van der Waals surface area (Å²) in [5, 5.41) is 0. The Morgan fingerprint density at radius 1 is 1.12 bits per heavy atom. The number of aryl methyl sites for hydroxylation is 1. The van der Waals surface area contributed by atoms with Crippen molar-refractivity contribution in [1.29, 1.82) is 0 Å². The lowest BCUT2D eigenvalue weighted by atomic mass is 10.0. The minimum Gasteiger partial charge on any atom is -0.399 e. The molecule has 0 heterocycles. The van der Waals surface area contributed by atoms with Gasteiger partial charge >= 0.3 is 0 Å². The first kappa shape index (κ1) is 11.3. The fourth-order valence-electron chi connectivity index (χ4n) is 1.58. The molecule has 2 nitrogen and oxygen atoms in total. The molecule has 2 aromatic rings. The van der Waals surface area contributed by atoms with Crippen molar-refractivity contribution in [3.8, 4) is 0 Å². The van der Waals surface area contributed by atoms with Crippen molar-refractivity contribution in [3.05, 3.63) is 65.0 Å². The van der Waals surface area contributed by atoms with Crippen molar-refractivity contribution in [1.82, 2.24) is 0 Å². The summed E-state index contributed by atoms with van der Waals surface area (Å²) >= 11 is 0. The maximum Gasteiger partial charge on any atom is 0.193 e. The quantitative estimate of drug-likeness (QED) is 0.635. The molecule has 0 fully saturated rings. The van der Waals surface area contributed by atoms with Crippen molar-refractivity contribution >= 4 is 11.5 Å². The van der Waals surface area contributed by atoms with Gasteiger partial charge in [0.2, 0.25) is 0 Å². The van der Waals surface area contributed by atoms with Crippen LogP contribution in [-0.4, -0.2) is 5.78 Å². The number of nitrogen functional groups attached to an aromatic ring is 1. The molecule has 0 aliphatic carbocycles. The Morgan fingerprint density at radius 2 is 1.82 bits per heavy atom. The van der Waals surface area contributed by atoms with Crippen LogP contribution in [0.2, 0.25) is 0 Å². The van der Waals surface area contributed by atoms with E-state index in [-0.39, 0.29) is 11.6 Å². The highest BCUT2D eigenvalue weighted by molar-refractivity contribution is 6.09. The normalized spacial score (nSPS) is 10.2. The molecule has 0 saturated carbocycles. The Morgan fingerprint density at radius 3 is 2.47 bits per heavy atom. The Kier molecular flexibility index (Phi) is 2.91. The topological polar surface area (TPSA) is 43.1 Å². The molecule has 2 aromatic carbocycles. The van der Waals surface area contributed by atoms with E-state index in [0.717, 1.165) is 0 Å². The molecule has 2 N–H and O–H groups in total. The summed E-state index contributed by atoms with van der Waals surface area (Å²) in [6.45, 7) is 1.66. The van der Waals surface area contributed by atoms with E-state index in [1.165, 1.54) is 6.07 Å². The van der Waals surface area contributed by atoms with E-state index in [1.54, 1.807) is 43.3 Å². The van der Waals surface area contributed by atoms with Crippen LogP contribution in [0.5, 0.6) is 0 Å². The third-order valence-corrected chi connectivity index (χ3v) is 2.58. The van der Waals surface area contributed by atoms with Gasteiger partial charge in [0.25, 0.3) is 0 Å². The minimum atomic E-state index is -0.375. The zero-order valence-corrected chi connectivity index (χ0v) is 9.41. The van der Waals surface area contributed by atoms with Gasteiger partial charge in [0.1, 0.15) is 5.82 Å². The second-order valence-electron chi connectivity index (χ2n) is 3.92. The van der Waals surface area contributed by atoms with Gasteiger partial charge in [-0.25, -0.2) is 4.39 Å². The van der Waals surface area contributed by atoms with Crippen LogP contribution >= 0.6 is 0 Å². The number of hydrogen-bond donors (Lipinski definition) is 1. The van der Waals surface area contributed by atoms with Crippen LogP contribution in [0.4, 0.5) is 10.1 Å². The predicted octanol–water partition coefficient (Wildman–Crippen LogP) is 2.95. The molecule has 0 aliphatic rings. The largest absolute Gasteiger partial charge is 0.399 e. The first-order valence-corrected chi connectivity index (χ1v) is 5.24. The highest BCUT2D eigenvalue weighted by Crippen LogP contribution is 2.15. The van der Waals surface area contributed by atoms with Crippen LogP contribution in [0.25, 0.3) is 0 Å². The number of ketones is 1. The smallest absolute Gasteiger partial charge is 0.193 e. The Balaban J connectivity index is 2.40. The van der Waals surface area contributed by atoms with Crippen LogP contribution < -0.4 is 5.73 Å². The molecule has 3 heteroatoms. The van der Waals surface area contributed by atoms with Gasteiger partial charge in [0.15, 0.2) is 5.78 Å². The number of hydrogen-bond acceptors (Lipinski definition) is 2. The summed E-state index contributed by atoms with van der Waals surface area (Å²) in [6.07, 6.45) is 0. The molecule has 0 radical (unpaired) electrons. The average Bonchev–Trinajstić information content (AvgIpc) is 2.32. The average molecular weight is 229 g/mol. The monoisotopic (exact) mass is 229 g/mol. The summed E-state index contributed by atoms with van der Waals surface area (Å²) in [4.78, 5) is 12.0. The second kappa shape index (κ2) is 4.37. The molecule has 0 spiro atoms. The number of nitrogens with two attached hydrogens (primary N) is 1. The number of anilines is 1. The SMILES string of the molecule is Cc1ccc(C(=O)c2cccc(N)c2)cc1F. The molecule has 0 aromatic heterocycles. The van der Waals surface area contributed by atoms with Gasteiger partial charge in [0, 0.05) is 16.8 Å². The summed E-state index contributed by atoms with van der Waals surface area (Å²) in [5.41, 5.74) is 7.44. The fraction of sp³-hybridized carbons (Fsp3) is 0.0714. The first-order valence-electron chi connectivity index (χ1n) is 5.24. The van der Waals surface area contributed by atoms with E-state index in [4.69, 9.17) is 5.73 Å². The highest BCUT2D eigenvalue weighted by Gasteiger charge is 2.10. The molecule has 0 amide bonds. The minimum absolute atomic E-state index is 0.226. The van der Waals surface area contributed by atoms with Crippen molar-refractivity contribution < 1.29 is 9.18 Å². The van der Waals surface area contributed by atoms with Gasteiger partial charge in [-0.05, 0) is 30.7 Å². The molecular formula is C14H12FNO. The standard InChI is InChI=1S/C14H12FNO/c1-9-5-6-11(8-13(9)15)14(17)10-3-2-4-12(16)7-10/h2-8H,16H2,1H3. The van der Waals surface area contributed by atoms with Gasteiger partial charge in [0.05, 0.1) is 0 Å². The molecule has 0 bridgehead atoms. The van der Waals surface area contributed by atoms with Crippen LogP contribution in [0.3, 0.4) is 0 Å². The maximum absolute atomic E-state index is 13.4. The van der Waals surface area contributed by atoms with Gasteiger partial charge in [-0.2, -0.15) is 0 Å². The van der Waals surface area contributed by atoms with Crippen LogP contribution in [0, 0.1) is 12.7 Å². The van der Waals surface area contributed by atoms with Crippen LogP contribution in [0.1, 0.15) is 21.5 Å². The zero-order valence-electron chi connectivity index (χ0n) is 9.41. The maximum atomic E-state index is 13.4. The zero-order chi connectivity index (χ0) is 12.4. The van der Waals surface area contributed by atoms with Crippen molar-refractivity contribution in [3.63, 3.8) is 0 Å². The fourth-order valence-corrected chi connectivity index (χ4v) is 1.58. The van der Waals surface area contributed by atoms with Crippen molar-refractivity contribution in [2.45, 2.75) is 6.92 Å². The van der Waals surface area contributed by atoms with Crippen molar-refractivity contribution in [2.24, 2.45) is 0 Å². The Labute approximate surface area is 98.9 Å². The highest BCUT2D eigenvalue weighted by atomic mass is 19.1. The molecule has 2 rings (SSSR count). The molecule has 17 heavy (non-hydrogen) atoms. The van der Waals surface area contributed by atoms with Crippen LogP contribution in [0.15, 0.2) is 42.5 Å². The number of halogens is 1. The molecule has 0 atom stereocenters. The van der Waals surface area contributed by atoms with E-state index in [1.807, 2.05) is 0 Å². The van der Waals surface area contributed by atoms with Crippen molar-refractivity contribution in [2.75, 3.05) is 5.73 Å². The Bertz CT molecular complexity index is 578. The summed E-state index contributed by atoms with van der Waals surface area (Å²) < 4.78 is 13.4. The lowest BCUT2D eigenvalue weighted by Crippen LogP contribution is -2.03. The lowest BCUT2D eigenvalue weighted by molar-refractivity contribution is 0.103.